The number of aromatic amines is 1. The van der Waals surface area contributed by atoms with Crippen LogP contribution in [0.2, 0.25) is 0 Å². The fraction of sp³-hybridized carbons (Fsp3) is 0.333. The SMILES string of the molecule is CCN(CC(=O)O)C(=O)CCc1ccc2[nH]ccc2c1. The summed E-state index contributed by atoms with van der Waals surface area (Å²) >= 11 is 0. The number of aliphatic carboxylic acids is 1. The van der Waals surface area contributed by atoms with Crippen molar-refractivity contribution in [2.45, 2.75) is 19.8 Å². The number of H-pyrrole nitrogens is 1. The highest BCUT2D eigenvalue weighted by Gasteiger charge is 2.14. The lowest BCUT2D eigenvalue weighted by Crippen LogP contribution is -2.35. The molecule has 2 N–H and O–H groups in total. The minimum absolute atomic E-state index is 0.121. The van der Waals surface area contributed by atoms with Crippen LogP contribution in [0.3, 0.4) is 0 Å². The summed E-state index contributed by atoms with van der Waals surface area (Å²) in [7, 11) is 0. The zero-order valence-corrected chi connectivity index (χ0v) is 11.4. The Labute approximate surface area is 117 Å². The number of fused-ring (bicyclic) bond motifs is 1. The summed E-state index contributed by atoms with van der Waals surface area (Å²) in [5, 5.41) is 9.86. The van der Waals surface area contributed by atoms with Crippen LogP contribution in [0.4, 0.5) is 0 Å². The molecule has 1 heterocycles. The number of hydrogen-bond donors (Lipinski definition) is 2. The zero-order chi connectivity index (χ0) is 14.5. The normalized spacial score (nSPS) is 10.7. The third-order valence-electron chi connectivity index (χ3n) is 3.31. The number of carbonyl (C=O) groups excluding carboxylic acids is 1. The van der Waals surface area contributed by atoms with Gasteiger partial charge in [-0.3, -0.25) is 9.59 Å². The lowest BCUT2D eigenvalue weighted by molar-refractivity contribution is -0.144. The highest BCUT2D eigenvalue weighted by molar-refractivity contribution is 5.82. The Morgan fingerprint density at radius 1 is 1.30 bits per heavy atom. The van der Waals surface area contributed by atoms with E-state index in [1.165, 1.54) is 4.90 Å². The number of carboxylic acid groups (broad SMARTS) is 1. The fourth-order valence-corrected chi connectivity index (χ4v) is 2.21. The van der Waals surface area contributed by atoms with Gasteiger partial charge in [0.2, 0.25) is 5.91 Å². The maximum absolute atomic E-state index is 12.0. The Morgan fingerprint density at radius 2 is 2.10 bits per heavy atom. The summed E-state index contributed by atoms with van der Waals surface area (Å²) in [6, 6.07) is 8.01. The van der Waals surface area contributed by atoms with E-state index >= 15 is 0 Å². The summed E-state index contributed by atoms with van der Waals surface area (Å²) < 4.78 is 0. The van der Waals surface area contributed by atoms with Crippen LogP contribution in [-0.2, 0) is 16.0 Å². The minimum Gasteiger partial charge on any atom is -0.480 e. The largest absolute Gasteiger partial charge is 0.480 e. The molecule has 0 aliphatic heterocycles. The van der Waals surface area contributed by atoms with Gasteiger partial charge >= 0.3 is 5.97 Å². The molecule has 1 aromatic carbocycles. The number of nitrogens with zero attached hydrogens (tertiary/aromatic N) is 1. The Balaban J connectivity index is 1.96. The maximum atomic E-state index is 12.0. The molecule has 20 heavy (non-hydrogen) atoms. The molecule has 0 fully saturated rings. The van der Waals surface area contributed by atoms with Crippen LogP contribution in [0.25, 0.3) is 10.9 Å². The van der Waals surface area contributed by atoms with Crippen LogP contribution in [0.5, 0.6) is 0 Å². The third-order valence-corrected chi connectivity index (χ3v) is 3.31. The van der Waals surface area contributed by atoms with Gasteiger partial charge in [-0.1, -0.05) is 6.07 Å². The lowest BCUT2D eigenvalue weighted by atomic mass is 10.1. The van der Waals surface area contributed by atoms with E-state index in [4.69, 9.17) is 5.11 Å². The van der Waals surface area contributed by atoms with Crippen LogP contribution in [0.15, 0.2) is 30.5 Å². The third kappa shape index (κ3) is 3.38. The molecular formula is C15H18N2O3. The standard InChI is InChI=1S/C15H18N2O3/c1-2-17(10-15(19)20)14(18)6-4-11-3-5-13-12(9-11)7-8-16-13/h3,5,7-9,16H,2,4,6,10H2,1H3,(H,19,20). The predicted octanol–water partition coefficient (Wildman–Crippen LogP) is 2.03. The van der Waals surface area contributed by atoms with Crippen molar-refractivity contribution in [3.8, 4) is 0 Å². The van der Waals surface area contributed by atoms with E-state index in [9.17, 15) is 9.59 Å². The van der Waals surface area contributed by atoms with Gasteiger partial charge in [-0.2, -0.15) is 0 Å². The molecule has 2 aromatic rings. The van der Waals surface area contributed by atoms with Crippen LogP contribution >= 0.6 is 0 Å². The van der Waals surface area contributed by atoms with Crippen molar-refractivity contribution in [3.05, 3.63) is 36.0 Å². The lowest BCUT2D eigenvalue weighted by Gasteiger charge is -2.18. The van der Waals surface area contributed by atoms with Crippen LogP contribution in [0, 0.1) is 0 Å². The summed E-state index contributed by atoms with van der Waals surface area (Å²) in [5.74, 6) is -1.10. The van der Waals surface area contributed by atoms with E-state index in [0.717, 1.165) is 16.5 Å². The molecule has 2 rings (SSSR count). The van der Waals surface area contributed by atoms with E-state index in [-0.39, 0.29) is 12.5 Å². The molecule has 5 heteroatoms. The number of nitrogens with one attached hydrogen (secondary N) is 1. The first-order valence-corrected chi connectivity index (χ1v) is 6.65. The first-order chi connectivity index (χ1) is 9.60. The van der Waals surface area contributed by atoms with E-state index in [1.807, 2.05) is 30.5 Å². The number of carbonyl (C=O) groups is 2. The quantitative estimate of drug-likeness (QED) is 0.846. The van der Waals surface area contributed by atoms with Crippen molar-refractivity contribution in [2.24, 2.45) is 0 Å². The van der Waals surface area contributed by atoms with Crippen molar-refractivity contribution in [3.63, 3.8) is 0 Å². The molecule has 0 radical (unpaired) electrons. The van der Waals surface area contributed by atoms with E-state index < -0.39 is 5.97 Å². The number of aromatic nitrogens is 1. The van der Waals surface area contributed by atoms with Gasteiger partial charge in [0.15, 0.2) is 0 Å². The van der Waals surface area contributed by atoms with Gasteiger partial charge in [0, 0.05) is 24.7 Å². The van der Waals surface area contributed by atoms with Crippen molar-refractivity contribution < 1.29 is 14.7 Å². The molecule has 5 nitrogen and oxygen atoms in total. The zero-order valence-electron chi connectivity index (χ0n) is 11.4. The van der Waals surface area contributed by atoms with Gasteiger partial charge in [-0.05, 0) is 42.5 Å². The van der Waals surface area contributed by atoms with E-state index in [1.54, 1.807) is 6.92 Å². The Kier molecular flexibility index (Phi) is 4.40. The number of amides is 1. The molecule has 0 saturated heterocycles. The number of rotatable bonds is 6. The molecule has 0 aliphatic rings. The summed E-state index contributed by atoms with van der Waals surface area (Å²) in [5.41, 5.74) is 2.15. The van der Waals surface area contributed by atoms with Gasteiger partial charge in [0.05, 0.1) is 0 Å². The van der Waals surface area contributed by atoms with Crippen molar-refractivity contribution in [1.82, 2.24) is 9.88 Å². The van der Waals surface area contributed by atoms with Crippen LogP contribution in [0.1, 0.15) is 18.9 Å². The molecule has 0 unspecified atom stereocenters. The molecule has 0 aliphatic carbocycles. The number of hydrogen-bond acceptors (Lipinski definition) is 2. The molecule has 0 atom stereocenters. The summed E-state index contributed by atoms with van der Waals surface area (Å²) in [6.07, 6.45) is 2.83. The number of aryl methyl sites for hydroxylation is 1. The van der Waals surface area contributed by atoms with Crippen molar-refractivity contribution >= 4 is 22.8 Å². The molecule has 1 amide bonds. The second-order valence-corrected chi connectivity index (χ2v) is 4.70. The molecule has 106 valence electrons. The number of benzene rings is 1. The van der Waals surface area contributed by atoms with E-state index in [2.05, 4.69) is 4.98 Å². The maximum Gasteiger partial charge on any atom is 0.323 e. The molecule has 0 bridgehead atoms. The second kappa shape index (κ2) is 6.23. The molecule has 0 saturated carbocycles. The topological polar surface area (TPSA) is 73.4 Å². The summed E-state index contributed by atoms with van der Waals surface area (Å²) in [4.78, 5) is 27.1. The molecular weight excluding hydrogens is 256 g/mol. The van der Waals surface area contributed by atoms with E-state index in [0.29, 0.717) is 19.4 Å². The minimum atomic E-state index is -0.978. The number of likely N-dealkylation sites (N-methyl/N-ethyl adjacent to an activating group) is 1. The van der Waals surface area contributed by atoms with Gasteiger partial charge in [-0.15, -0.1) is 0 Å². The number of carboxylic acids is 1. The smallest absolute Gasteiger partial charge is 0.323 e. The second-order valence-electron chi connectivity index (χ2n) is 4.70. The Bertz CT molecular complexity index is 618. The highest BCUT2D eigenvalue weighted by Crippen LogP contribution is 2.15. The van der Waals surface area contributed by atoms with Gasteiger partial charge in [0.25, 0.3) is 0 Å². The first-order valence-electron chi connectivity index (χ1n) is 6.65. The average Bonchev–Trinajstić information content (AvgIpc) is 2.89. The van der Waals surface area contributed by atoms with Gasteiger partial charge < -0.3 is 15.0 Å². The average molecular weight is 274 g/mol. The monoisotopic (exact) mass is 274 g/mol. The van der Waals surface area contributed by atoms with Crippen molar-refractivity contribution in [2.75, 3.05) is 13.1 Å². The van der Waals surface area contributed by atoms with Gasteiger partial charge in [0.1, 0.15) is 6.54 Å². The Hall–Kier alpha value is -2.30. The fourth-order valence-electron chi connectivity index (χ4n) is 2.21. The highest BCUT2D eigenvalue weighted by atomic mass is 16.4. The predicted molar refractivity (Wildman–Crippen MR) is 76.5 cm³/mol. The van der Waals surface area contributed by atoms with Crippen molar-refractivity contribution in [1.29, 1.82) is 0 Å². The first kappa shape index (κ1) is 14.1. The molecule has 1 aromatic heterocycles. The van der Waals surface area contributed by atoms with Gasteiger partial charge in [-0.25, -0.2) is 0 Å². The molecule has 0 spiro atoms. The Morgan fingerprint density at radius 3 is 2.80 bits per heavy atom. The van der Waals surface area contributed by atoms with Crippen LogP contribution in [-0.4, -0.2) is 40.0 Å². The summed E-state index contributed by atoms with van der Waals surface area (Å²) in [6.45, 7) is 1.97. The van der Waals surface area contributed by atoms with Crippen LogP contribution < -0.4 is 0 Å².